The van der Waals surface area contributed by atoms with Crippen molar-refractivity contribution >= 4 is 33.8 Å². The van der Waals surface area contributed by atoms with Gasteiger partial charge in [0.15, 0.2) is 11.5 Å². The highest BCUT2D eigenvalue weighted by atomic mass is 79.9. The number of aromatic hydroxyl groups is 1. The summed E-state index contributed by atoms with van der Waals surface area (Å²) in [7, 11) is 1.51. The lowest BCUT2D eigenvalue weighted by Gasteiger charge is -2.12. The average molecular weight is 412 g/mol. The second-order valence-corrected chi connectivity index (χ2v) is 5.54. The van der Waals surface area contributed by atoms with E-state index in [9.17, 15) is 20.0 Å². The van der Waals surface area contributed by atoms with E-state index in [1.54, 1.807) is 18.2 Å². The summed E-state index contributed by atoms with van der Waals surface area (Å²) in [5.74, 6) is 0.0847. The first kappa shape index (κ1) is 18.5. The van der Waals surface area contributed by atoms with Crippen LogP contribution in [0.5, 0.6) is 17.4 Å². The van der Waals surface area contributed by atoms with Gasteiger partial charge in [0.05, 0.1) is 23.1 Å². The fraction of sp³-hybridized carbons (Fsp3) is 0.200. The topological polar surface area (TPSA) is 128 Å². The molecule has 0 unspecified atom stereocenters. The number of nitro groups is 1. The van der Waals surface area contributed by atoms with Gasteiger partial charge in [0.25, 0.3) is 5.88 Å². The zero-order valence-corrected chi connectivity index (χ0v) is 14.9. The molecule has 0 aliphatic rings. The van der Waals surface area contributed by atoms with Gasteiger partial charge in [0.2, 0.25) is 0 Å². The predicted molar refractivity (Wildman–Crippen MR) is 94.0 cm³/mol. The Labute approximate surface area is 150 Å². The van der Waals surface area contributed by atoms with Gasteiger partial charge in [-0.25, -0.2) is 0 Å². The summed E-state index contributed by atoms with van der Waals surface area (Å²) in [6.07, 6.45) is 2.99. The quantitative estimate of drug-likeness (QED) is 0.552. The summed E-state index contributed by atoms with van der Waals surface area (Å²) in [6.45, 7) is 2.32. The first-order valence-corrected chi connectivity index (χ1v) is 7.82. The maximum Gasteiger partial charge on any atom is 0.395 e. The van der Waals surface area contributed by atoms with E-state index in [1.807, 2.05) is 6.92 Å². The van der Waals surface area contributed by atoms with Crippen LogP contribution in [-0.4, -0.2) is 33.7 Å². The molecule has 0 aliphatic heterocycles. The van der Waals surface area contributed by atoms with Crippen molar-refractivity contribution in [2.75, 3.05) is 13.7 Å². The normalized spacial score (nSPS) is 10.8. The zero-order valence-electron chi connectivity index (χ0n) is 13.3. The summed E-state index contributed by atoms with van der Waals surface area (Å²) in [4.78, 5) is 27.1. The number of hydrogen-bond acceptors (Lipinski definition) is 7. The number of methoxy groups -OCH3 is 1. The molecule has 0 radical (unpaired) electrons. The third-order valence-corrected chi connectivity index (χ3v) is 3.64. The van der Waals surface area contributed by atoms with Crippen LogP contribution in [0.15, 0.2) is 21.4 Å². The predicted octanol–water partition coefficient (Wildman–Crippen LogP) is 2.72. The molecule has 0 aliphatic carbocycles. The number of H-pyrrole nitrogens is 1. The SMILES string of the molecule is CCOc1c(Br)cc(/C=C\c2nc(O)c([N+](=O)[O-])c(=O)[nH]2)cc1OC. The van der Waals surface area contributed by atoms with Crippen molar-refractivity contribution in [2.45, 2.75) is 6.92 Å². The largest absolute Gasteiger partial charge is 0.493 e. The van der Waals surface area contributed by atoms with Crippen LogP contribution in [0.2, 0.25) is 0 Å². The molecule has 0 atom stereocenters. The van der Waals surface area contributed by atoms with Crippen molar-refractivity contribution in [1.29, 1.82) is 0 Å². The Morgan fingerprint density at radius 3 is 2.72 bits per heavy atom. The van der Waals surface area contributed by atoms with Gasteiger partial charge in [-0.05, 0) is 46.6 Å². The second-order valence-electron chi connectivity index (χ2n) is 4.68. The lowest BCUT2D eigenvalue weighted by molar-refractivity contribution is -0.387. The highest BCUT2D eigenvalue weighted by Gasteiger charge is 2.21. The van der Waals surface area contributed by atoms with E-state index in [1.165, 1.54) is 13.2 Å². The highest BCUT2D eigenvalue weighted by molar-refractivity contribution is 9.10. The van der Waals surface area contributed by atoms with Crippen molar-refractivity contribution in [3.05, 3.63) is 48.5 Å². The lowest BCUT2D eigenvalue weighted by atomic mass is 10.2. The fourth-order valence-electron chi connectivity index (χ4n) is 2.01. The summed E-state index contributed by atoms with van der Waals surface area (Å²) < 4.78 is 11.4. The Bertz CT molecular complexity index is 894. The average Bonchev–Trinajstić information content (AvgIpc) is 2.54. The summed E-state index contributed by atoms with van der Waals surface area (Å²) >= 11 is 3.39. The summed E-state index contributed by atoms with van der Waals surface area (Å²) in [5.41, 5.74) is -1.35. The number of nitrogens with one attached hydrogen (secondary N) is 1. The minimum atomic E-state index is -1.04. The third kappa shape index (κ3) is 4.15. The molecule has 2 rings (SSSR count). The van der Waals surface area contributed by atoms with Gasteiger partial charge in [-0.1, -0.05) is 6.08 Å². The van der Waals surface area contributed by atoms with E-state index in [-0.39, 0.29) is 5.82 Å². The molecule has 0 bridgehead atoms. The molecular weight excluding hydrogens is 398 g/mol. The smallest absolute Gasteiger partial charge is 0.395 e. The van der Waals surface area contributed by atoms with E-state index in [0.717, 1.165) is 0 Å². The molecular formula is C15H14BrN3O6. The van der Waals surface area contributed by atoms with Gasteiger partial charge < -0.3 is 19.6 Å². The van der Waals surface area contributed by atoms with Gasteiger partial charge in [0, 0.05) is 0 Å². The molecule has 0 saturated heterocycles. The number of benzene rings is 1. The fourth-order valence-corrected chi connectivity index (χ4v) is 2.59. The van der Waals surface area contributed by atoms with Crippen LogP contribution in [0.1, 0.15) is 18.3 Å². The lowest BCUT2D eigenvalue weighted by Crippen LogP contribution is -2.14. The van der Waals surface area contributed by atoms with Crippen LogP contribution in [0, 0.1) is 10.1 Å². The molecule has 0 saturated carbocycles. The molecule has 2 N–H and O–H groups in total. The maximum absolute atomic E-state index is 11.6. The molecule has 132 valence electrons. The molecule has 1 heterocycles. The summed E-state index contributed by atoms with van der Waals surface area (Å²) in [6, 6.07) is 3.46. The minimum absolute atomic E-state index is 0.0305. The molecule has 0 spiro atoms. The number of nitrogens with zero attached hydrogens (tertiary/aromatic N) is 2. The molecule has 0 amide bonds. The number of halogens is 1. The van der Waals surface area contributed by atoms with Gasteiger partial charge in [-0.3, -0.25) is 14.9 Å². The molecule has 1 aromatic heterocycles. The Balaban J connectivity index is 2.38. The van der Waals surface area contributed by atoms with Gasteiger partial charge >= 0.3 is 11.2 Å². The summed E-state index contributed by atoms with van der Waals surface area (Å²) in [5, 5.41) is 20.2. The van der Waals surface area contributed by atoms with Crippen LogP contribution >= 0.6 is 15.9 Å². The monoisotopic (exact) mass is 411 g/mol. The maximum atomic E-state index is 11.6. The van der Waals surface area contributed by atoms with E-state index < -0.39 is 22.0 Å². The first-order valence-electron chi connectivity index (χ1n) is 7.03. The molecule has 0 fully saturated rings. The number of hydrogen-bond donors (Lipinski definition) is 2. The molecule has 25 heavy (non-hydrogen) atoms. The number of aromatic nitrogens is 2. The van der Waals surface area contributed by atoms with E-state index >= 15 is 0 Å². The van der Waals surface area contributed by atoms with Crippen LogP contribution in [0.25, 0.3) is 12.2 Å². The van der Waals surface area contributed by atoms with Crippen LogP contribution in [-0.2, 0) is 0 Å². The number of rotatable bonds is 6. The van der Waals surface area contributed by atoms with Crippen molar-refractivity contribution < 1.29 is 19.5 Å². The van der Waals surface area contributed by atoms with Crippen LogP contribution < -0.4 is 15.0 Å². The van der Waals surface area contributed by atoms with E-state index in [2.05, 4.69) is 25.9 Å². The Morgan fingerprint density at radius 2 is 2.16 bits per heavy atom. The number of aromatic amines is 1. The number of ether oxygens (including phenoxy) is 2. The molecule has 10 heteroatoms. The third-order valence-electron chi connectivity index (χ3n) is 3.05. The highest BCUT2D eigenvalue weighted by Crippen LogP contribution is 2.37. The van der Waals surface area contributed by atoms with Crippen molar-refractivity contribution in [3.8, 4) is 17.4 Å². The van der Waals surface area contributed by atoms with Gasteiger partial charge in [-0.2, -0.15) is 4.98 Å². The standard InChI is InChI=1S/C15H14BrN3O6/c1-3-25-13-9(16)6-8(7-10(13)24-2)4-5-11-17-14(20)12(19(22)23)15(21)18-11/h4-7H,3H2,1-2H3,(H2,17,18,20,21)/b5-4-. The molecule has 1 aromatic carbocycles. The minimum Gasteiger partial charge on any atom is -0.493 e. The van der Waals surface area contributed by atoms with Crippen LogP contribution in [0.3, 0.4) is 0 Å². The Kier molecular flexibility index (Phi) is 5.75. The van der Waals surface area contributed by atoms with Gasteiger partial charge in [-0.15, -0.1) is 0 Å². The zero-order chi connectivity index (χ0) is 18.6. The van der Waals surface area contributed by atoms with Crippen LogP contribution in [0.4, 0.5) is 5.69 Å². The van der Waals surface area contributed by atoms with Crippen molar-refractivity contribution in [2.24, 2.45) is 0 Å². The first-order chi connectivity index (χ1) is 11.9. The second kappa shape index (κ2) is 7.79. The van der Waals surface area contributed by atoms with Gasteiger partial charge in [0.1, 0.15) is 5.82 Å². The molecule has 9 nitrogen and oxygen atoms in total. The van der Waals surface area contributed by atoms with Crippen molar-refractivity contribution in [1.82, 2.24) is 9.97 Å². The van der Waals surface area contributed by atoms with Crippen molar-refractivity contribution in [3.63, 3.8) is 0 Å². The van der Waals surface area contributed by atoms with E-state index in [0.29, 0.717) is 28.1 Å². The van der Waals surface area contributed by atoms with E-state index in [4.69, 9.17) is 9.47 Å². The Morgan fingerprint density at radius 1 is 1.44 bits per heavy atom. The molecule has 2 aromatic rings. The Hall–Kier alpha value is -2.88.